The summed E-state index contributed by atoms with van der Waals surface area (Å²) in [4.78, 5) is 0. The van der Waals surface area contributed by atoms with E-state index in [0.717, 1.165) is 14.7 Å². The lowest BCUT2D eigenvalue weighted by Crippen LogP contribution is -1.94. The first-order chi connectivity index (χ1) is 5.77. The zero-order valence-corrected chi connectivity index (χ0v) is 8.78. The van der Waals surface area contributed by atoms with Crippen molar-refractivity contribution in [1.82, 2.24) is 0 Å². The summed E-state index contributed by atoms with van der Waals surface area (Å²) < 4.78 is 1.06. The third kappa shape index (κ3) is 2.43. The van der Waals surface area contributed by atoms with Gasteiger partial charge in [0, 0.05) is 10.2 Å². The minimum absolute atomic E-state index is 0.0810. The Bertz CT molecular complexity index is 261. The maximum atomic E-state index is 8.89. The molecule has 12 heavy (non-hydrogen) atoms. The van der Waals surface area contributed by atoms with E-state index in [1.54, 1.807) is 0 Å². The molecule has 2 N–H and O–H groups in total. The molecular formula is C9H11IO2. The van der Waals surface area contributed by atoms with Crippen molar-refractivity contribution in [2.24, 2.45) is 0 Å². The van der Waals surface area contributed by atoms with Gasteiger partial charge in [0.1, 0.15) is 0 Å². The summed E-state index contributed by atoms with van der Waals surface area (Å²) in [7, 11) is 0. The molecule has 0 fully saturated rings. The molecule has 0 amide bonds. The highest BCUT2D eigenvalue weighted by molar-refractivity contribution is 14.1. The van der Waals surface area contributed by atoms with Gasteiger partial charge in [-0.25, -0.2) is 0 Å². The second-order valence-electron chi connectivity index (χ2n) is 2.56. The molecule has 0 heterocycles. The monoisotopic (exact) mass is 278 g/mol. The lowest BCUT2D eigenvalue weighted by Gasteiger charge is -2.03. The lowest BCUT2D eigenvalue weighted by molar-refractivity contribution is 0.281. The van der Waals surface area contributed by atoms with Crippen LogP contribution in [0.2, 0.25) is 0 Å². The SMILES string of the molecule is OCCc1ccc(CO)c(I)c1. The number of aliphatic hydroxyl groups excluding tert-OH is 2. The molecule has 2 nitrogen and oxygen atoms in total. The van der Waals surface area contributed by atoms with E-state index in [0.29, 0.717) is 6.42 Å². The molecule has 0 bridgehead atoms. The van der Waals surface area contributed by atoms with Crippen LogP contribution >= 0.6 is 22.6 Å². The highest BCUT2D eigenvalue weighted by Crippen LogP contribution is 2.14. The highest BCUT2D eigenvalue weighted by Gasteiger charge is 1.99. The zero-order valence-electron chi connectivity index (χ0n) is 6.63. The Morgan fingerprint density at radius 2 is 2.00 bits per heavy atom. The van der Waals surface area contributed by atoms with Crippen molar-refractivity contribution in [2.45, 2.75) is 13.0 Å². The summed E-state index contributed by atoms with van der Waals surface area (Å²) in [5, 5.41) is 17.6. The van der Waals surface area contributed by atoms with Gasteiger partial charge in [0.2, 0.25) is 0 Å². The van der Waals surface area contributed by atoms with Crippen LogP contribution in [0.1, 0.15) is 11.1 Å². The second kappa shape index (κ2) is 4.79. The maximum Gasteiger partial charge on any atom is 0.0692 e. The largest absolute Gasteiger partial charge is 0.396 e. The van der Waals surface area contributed by atoms with E-state index in [1.807, 2.05) is 18.2 Å². The van der Waals surface area contributed by atoms with Crippen LogP contribution in [0.5, 0.6) is 0 Å². The predicted molar refractivity (Wildman–Crippen MR) is 55.9 cm³/mol. The molecule has 0 aromatic heterocycles. The molecule has 3 heteroatoms. The molecule has 0 aliphatic carbocycles. The maximum absolute atomic E-state index is 8.89. The third-order valence-corrected chi connectivity index (χ3v) is 2.69. The van der Waals surface area contributed by atoms with Crippen molar-refractivity contribution in [3.8, 4) is 0 Å². The van der Waals surface area contributed by atoms with E-state index >= 15 is 0 Å². The van der Waals surface area contributed by atoms with E-state index < -0.39 is 0 Å². The molecule has 0 aliphatic heterocycles. The van der Waals surface area contributed by atoms with Crippen molar-refractivity contribution in [1.29, 1.82) is 0 Å². The minimum atomic E-state index is 0.0810. The summed E-state index contributed by atoms with van der Waals surface area (Å²) in [6.07, 6.45) is 0.682. The van der Waals surface area contributed by atoms with E-state index in [1.165, 1.54) is 0 Å². The molecule has 0 saturated carbocycles. The van der Waals surface area contributed by atoms with Crippen LogP contribution in [0, 0.1) is 3.57 Å². The topological polar surface area (TPSA) is 40.5 Å². The van der Waals surface area contributed by atoms with Crippen LogP contribution < -0.4 is 0 Å². The molecule has 0 unspecified atom stereocenters. The number of aliphatic hydroxyl groups is 2. The van der Waals surface area contributed by atoms with Crippen molar-refractivity contribution < 1.29 is 10.2 Å². The number of halogens is 1. The van der Waals surface area contributed by atoms with Gasteiger partial charge in [-0.3, -0.25) is 0 Å². The molecule has 66 valence electrons. The normalized spacial score (nSPS) is 10.2. The Balaban J connectivity index is 2.86. The fourth-order valence-corrected chi connectivity index (χ4v) is 1.75. The first-order valence-electron chi connectivity index (χ1n) is 3.77. The molecular weight excluding hydrogens is 267 g/mol. The summed E-state index contributed by atoms with van der Waals surface area (Å²) in [5.74, 6) is 0. The Morgan fingerprint density at radius 1 is 1.25 bits per heavy atom. The summed E-state index contributed by atoms with van der Waals surface area (Å²) in [6, 6.07) is 5.82. The van der Waals surface area contributed by atoms with E-state index in [-0.39, 0.29) is 13.2 Å². The van der Waals surface area contributed by atoms with Gasteiger partial charge in [-0.2, -0.15) is 0 Å². The first kappa shape index (κ1) is 9.95. The molecule has 0 atom stereocenters. The second-order valence-corrected chi connectivity index (χ2v) is 3.72. The average Bonchev–Trinajstić information content (AvgIpc) is 2.05. The quantitative estimate of drug-likeness (QED) is 0.819. The Kier molecular flexibility index (Phi) is 3.97. The molecule has 0 spiro atoms. The molecule has 0 aliphatic rings. The number of hydrogen-bond donors (Lipinski definition) is 2. The highest BCUT2D eigenvalue weighted by atomic mass is 127. The van der Waals surface area contributed by atoms with E-state index in [2.05, 4.69) is 22.6 Å². The Morgan fingerprint density at radius 3 is 2.50 bits per heavy atom. The molecule has 1 aromatic carbocycles. The number of benzene rings is 1. The minimum Gasteiger partial charge on any atom is -0.396 e. The summed E-state index contributed by atoms with van der Waals surface area (Å²) in [5.41, 5.74) is 2.05. The van der Waals surface area contributed by atoms with Gasteiger partial charge in [-0.1, -0.05) is 12.1 Å². The van der Waals surface area contributed by atoms with Crippen LogP contribution in [0.15, 0.2) is 18.2 Å². The van der Waals surface area contributed by atoms with Crippen molar-refractivity contribution >= 4 is 22.6 Å². The number of rotatable bonds is 3. The van der Waals surface area contributed by atoms with Crippen molar-refractivity contribution in [3.05, 3.63) is 32.9 Å². The van der Waals surface area contributed by atoms with Gasteiger partial charge in [0.15, 0.2) is 0 Å². The van der Waals surface area contributed by atoms with Crippen molar-refractivity contribution in [2.75, 3.05) is 6.61 Å². The van der Waals surface area contributed by atoms with Gasteiger partial charge in [-0.15, -0.1) is 0 Å². The smallest absolute Gasteiger partial charge is 0.0692 e. The van der Waals surface area contributed by atoms with E-state index in [4.69, 9.17) is 10.2 Å². The van der Waals surface area contributed by atoms with E-state index in [9.17, 15) is 0 Å². The molecule has 1 rings (SSSR count). The summed E-state index contributed by atoms with van der Waals surface area (Å²) >= 11 is 2.18. The third-order valence-electron chi connectivity index (χ3n) is 1.69. The number of hydrogen-bond acceptors (Lipinski definition) is 2. The van der Waals surface area contributed by atoms with Crippen molar-refractivity contribution in [3.63, 3.8) is 0 Å². The molecule has 0 saturated heterocycles. The van der Waals surface area contributed by atoms with Gasteiger partial charge in [-0.05, 0) is 46.2 Å². The summed E-state index contributed by atoms with van der Waals surface area (Å²) in [6.45, 7) is 0.256. The molecule has 0 radical (unpaired) electrons. The van der Waals surface area contributed by atoms with Crippen LogP contribution in [0.3, 0.4) is 0 Å². The predicted octanol–water partition coefficient (Wildman–Crippen LogP) is 1.32. The van der Waals surface area contributed by atoms with Gasteiger partial charge in [0.25, 0.3) is 0 Å². The standard InChI is InChI=1S/C9H11IO2/c10-9-5-7(3-4-11)1-2-8(9)6-12/h1-2,5,11-12H,3-4,6H2. The molecule has 1 aromatic rings. The average molecular weight is 278 g/mol. The fourth-order valence-electron chi connectivity index (χ4n) is 1.00. The van der Waals surface area contributed by atoms with Crippen LogP contribution in [0.25, 0.3) is 0 Å². The van der Waals surface area contributed by atoms with Crippen LogP contribution in [-0.2, 0) is 13.0 Å². The van der Waals surface area contributed by atoms with Gasteiger partial charge >= 0.3 is 0 Å². The lowest BCUT2D eigenvalue weighted by atomic mass is 10.1. The fraction of sp³-hybridized carbons (Fsp3) is 0.333. The Labute approximate surface area is 85.4 Å². The van der Waals surface area contributed by atoms with Gasteiger partial charge in [0.05, 0.1) is 6.61 Å². The van der Waals surface area contributed by atoms with Gasteiger partial charge < -0.3 is 10.2 Å². The first-order valence-corrected chi connectivity index (χ1v) is 4.85. The van der Waals surface area contributed by atoms with Crippen LogP contribution in [0.4, 0.5) is 0 Å². The van der Waals surface area contributed by atoms with Crippen LogP contribution in [-0.4, -0.2) is 16.8 Å². The Hall–Kier alpha value is -0.130. The zero-order chi connectivity index (χ0) is 8.97.